The van der Waals surface area contributed by atoms with E-state index < -0.39 is 0 Å². The van der Waals surface area contributed by atoms with Crippen LogP contribution in [0.4, 0.5) is 0 Å². The van der Waals surface area contributed by atoms with Crippen LogP contribution in [0, 0.1) is 5.92 Å². The summed E-state index contributed by atoms with van der Waals surface area (Å²) in [7, 11) is 0. The van der Waals surface area contributed by atoms with E-state index in [1.165, 1.54) is 64.5 Å². The van der Waals surface area contributed by atoms with Crippen LogP contribution in [-0.2, 0) is 0 Å². The summed E-state index contributed by atoms with van der Waals surface area (Å²) in [6.45, 7) is 7.17. The summed E-state index contributed by atoms with van der Waals surface area (Å²) in [5.41, 5.74) is 6.56. The Morgan fingerprint density at radius 1 is 1.18 bits per heavy atom. The summed E-state index contributed by atoms with van der Waals surface area (Å²) in [5, 5.41) is 0. The van der Waals surface area contributed by atoms with Crippen LogP contribution in [0.25, 0.3) is 0 Å². The lowest BCUT2D eigenvalue weighted by Crippen LogP contribution is -2.50. The van der Waals surface area contributed by atoms with Crippen LogP contribution in [0.3, 0.4) is 0 Å². The number of hydrogen-bond donors (Lipinski definition) is 1. The molecule has 0 aliphatic heterocycles. The number of nitrogens with two attached hydrogens (primary N) is 1. The van der Waals surface area contributed by atoms with E-state index in [9.17, 15) is 0 Å². The van der Waals surface area contributed by atoms with E-state index in [-0.39, 0.29) is 5.54 Å². The lowest BCUT2D eigenvalue weighted by Gasteiger charge is -2.41. The highest BCUT2D eigenvalue weighted by Crippen LogP contribution is 2.33. The van der Waals surface area contributed by atoms with Gasteiger partial charge < -0.3 is 10.6 Å². The topological polar surface area (TPSA) is 29.3 Å². The second-order valence-electron chi connectivity index (χ2n) is 6.79. The second kappa shape index (κ2) is 5.71. The first-order valence-electron chi connectivity index (χ1n) is 7.62. The summed E-state index contributed by atoms with van der Waals surface area (Å²) in [6, 6.07) is 0.862. The zero-order chi connectivity index (χ0) is 12.3. The van der Waals surface area contributed by atoms with E-state index in [1.807, 2.05) is 0 Å². The number of hydrogen-bond acceptors (Lipinski definition) is 2. The van der Waals surface area contributed by atoms with Gasteiger partial charge in [-0.2, -0.15) is 0 Å². The molecule has 0 amide bonds. The van der Waals surface area contributed by atoms with Gasteiger partial charge in [0.2, 0.25) is 0 Å². The minimum absolute atomic E-state index is 0.202. The molecule has 17 heavy (non-hydrogen) atoms. The molecule has 0 aromatic heterocycles. The third-order valence-electron chi connectivity index (χ3n) is 4.69. The van der Waals surface area contributed by atoms with Crippen molar-refractivity contribution in [2.24, 2.45) is 11.7 Å². The Kier molecular flexibility index (Phi) is 4.48. The third-order valence-corrected chi connectivity index (χ3v) is 4.69. The highest BCUT2D eigenvalue weighted by molar-refractivity contribution is 4.93. The van der Waals surface area contributed by atoms with Gasteiger partial charge in [-0.3, -0.25) is 0 Å². The van der Waals surface area contributed by atoms with Crippen LogP contribution in [0.2, 0.25) is 0 Å². The minimum atomic E-state index is 0.202. The van der Waals surface area contributed by atoms with Crippen molar-refractivity contribution in [3.05, 3.63) is 0 Å². The molecule has 2 heteroatoms. The molecule has 2 N–H and O–H groups in total. The lowest BCUT2D eigenvalue weighted by atomic mass is 9.75. The van der Waals surface area contributed by atoms with Crippen LogP contribution < -0.4 is 5.73 Å². The molecule has 0 atom stereocenters. The summed E-state index contributed by atoms with van der Waals surface area (Å²) in [4.78, 5) is 2.74. The van der Waals surface area contributed by atoms with Crippen molar-refractivity contribution in [1.82, 2.24) is 4.90 Å². The van der Waals surface area contributed by atoms with E-state index in [2.05, 4.69) is 18.7 Å². The zero-order valence-electron chi connectivity index (χ0n) is 11.8. The highest BCUT2D eigenvalue weighted by Gasteiger charge is 2.33. The van der Waals surface area contributed by atoms with Gasteiger partial charge in [0.1, 0.15) is 0 Å². The van der Waals surface area contributed by atoms with Crippen LogP contribution in [0.1, 0.15) is 65.2 Å². The molecule has 0 aromatic carbocycles. The lowest BCUT2D eigenvalue weighted by molar-refractivity contribution is 0.136. The van der Waals surface area contributed by atoms with E-state index in [4.69, 9.17) is 5.73 Å². The maximum atomic E-state index is 6.35. The minimum Gasteiger partial charge on any atom is -0.325 e. The Bertz CT molecular complexity index is 227. The molecular formula is C15H30N2. The smallest absolute Gasteiger partial charge is 0.0166 e. The van der Waals surface area contributed by atoms with Gasteiger partial charge in [-0.05, 0) is 44.4 Å². The Hall–Kier alpha value is -0.0800. The number of nitrogens with zero attached hydrogens (tertiary/aromatic N) is 1. The summed E-state index contributed by atoms with van der Waals surface area (Å²) < 4.78 is 0. The van der Waals surface area contributed by atoms with Gasteiger partial charge in [0.25, 0.3) is 0 Å². The molecule has 2 aliphatic carbocycles. The fourth-order valence-corrected chi connectivity index (χ4v) is 3.41. The Morgan fingerprint density at radius 3 is 2.29 bits per heavy atom. The maximum Gasteiger partial charge on any atom is 0.0166 e. The van der Waals surface area contributed by atoms with Crippen molar-refractivity contribution in [3.8, 4) is 0 Å². The molecule has 2 rings (SSSR count). The first-order valence-corrected chi connectivity index (χ1v) is 7.62. The predicted octanol–water partition coefficient (Wildman–Crippen LogP) is 3.16. The van der Waals surface area contributed by atoms with Crippen molar-refractivity contribution in [2.75, 3.05) is 13.1 Å². The van der Waals surface area contributed by atoms with Gasteiger partial charge in [-0.25, -0.2) is 0 Å². The second-order valence-corrected chi connectivity index (χ2v) is 6.79. The van der Waals surface area contributed by atoms with Crippen molar-refractivity contribution < 1.29 is 0 Å². The van der Waals surface area contributed by atoms with E-state index in [1.54, 1.807) is 0 Å². The van der Waals surface area contributed by atoms with E-state index in [0.717, 1.165) is 12.0 Å². The average molecular weight is 238 g/mol. The Labute approximate surface area is 107 Å². The molecule has 2 nitrogen and oxygen atoms in total. The largest absolute Gasteiger partial charge is 0.325 e. The van der Waals surface area contributed by atoms with Gasteiger partial charge >= 0.3 is 0 Å². The van der Waals surface area contributed by atoms with E-state index >= 15 is 0 Å². The molecule has 2 fully saturated rings. The quantitative estimate of drug-likeness (QED) is 0.770. The molecule has 0 aromatic rings. The van der Waals surface area contributed by atoms with Gasteiger partial charge in [-0.1, -0.05) is 26.7 Å². The van der Waals surface area contributed by atoms with Crippen molar-refractivity contribution in [2.45, 2.75) is 76.8 Å². The van der Waals surface area contributed by atoms with Crippen LogP contribution in [-0.4, -0.2) is 29.6 Å². The maximum absolute atomic E-state index is 6.35. The molecule has 0 radical (unpaired) electrons. The first kappa shape index (κ1) is 13.4. The van der Waals surface area contributed by atoms with Gasteiger partial charge in [0.05, 0.1) is 0 Å². The molecule has 0 heterocycles. The van der Waals surface area contributed by atoms with Gasteiger partial charge in [-0.15, -0.1) is 0 Å². The fourth-order valence-electron chi connectivity index (χ4n) is 3.41. The van der Waals surface area contributed by atoms with Crippen LogP contribution in [0.15, 0.2) is 0 Å². The highest BCUT2D eigenvalue weighted by atomic mass is 15.2. The van der Waals surface area contributed by atoms with Crippen molar-refractivity contribution in [1.29, 1.82) is 0 Å². The normalized spacial score (nSPS) is 24.5. The molecule has 0 saturated heterocycles. The molecule has 100 valence electrons. The molecule has 0 unspecified atom stereocenters. The number of rotatable bonds is 6. The van der Waals surface area contributed by atoms with Crippen LogP contribution >= 0.6 is 0 Å². The van der Waals surface area contributed by atoms with Crippen LogP contribution in [0.5, 0.6) is 0 Å². The Balaban J connectivity index is 1.81. The standard InChI is InChI=1S/C15H30N2/c1-13(2)12-17(14-6-3-4-7-14)11-10-15(16)8-5-9-15/h13-14H,3-12,16H2,1-2H3. The molecule has 2 saturated carbocycles. The monoisotopic (exact) mass is 238 g/mol. The van der Waals surface area contributed by atoms with Gasteiger partial charge in [0.15, 0.2) is 0 Å². The zero-order valence-corrected chi connectivity index (χ0v) is 11.8. The summed E-state index contributed by atoms with van der Waals surface area (Å²) in [6.07, 6.45) is 10.8. The Morgan fingerprint density at radius 2 is 1.82 bits per heavy atom. The molecular weight excluding hydrogens is 208 g/mol. The first-order chi connectivity index (χ1) is 8.09. The summed E-state index contributed by atoms with van der Waals surface area (Å²) >= 11 is 0. The third kappa shape index (κ3) is 3.69. The molecule has 0 bridgehead atoms. The van der Waals surface area contributed by atoms with Gasteiger partial charge in [0, 0.05) is 24.7 Å². The van der Waals surface area contributed by atoms with Crippen molar-refractivity contribution >= 4 is 0 Å². The molecule has 2 aliphatic rings. The predicted molar refractivity (Wildman–Crippen MR) is 74.1 cm³/mol. The average Bonchev–Trinajstić information content (AvgIpc) is 2.74. The van der Waals surface area contributed by atoms with E-state index in [0.29, 0.717) is 0 Å². The van der Waals surface area contributed by atoms with Crippen molar-refractivity contribution in [3.63, 3.8) is 0 Å². The SMILES string of the molecule is CC(C)CN(CCC1(N)CCC1)C1CCCC1. The summed E-state index contributed by atoms with van der Waals surface area (Å²) in [5.74, 6) is 0.783. The molecule has 0 spiro atoms. The fraction of sp³-hybridized carbons (Fsp3) is 1.00.